The highest BCUT2D eigenvalue weighted by Gasteiger charge is 2.39. The molecule has 0 spiro atoms. The number of carbonyl (C=O) groups excluding carboxylic acids is 1. The Morgan fingerprint density at radius 2 is 2.50 bits per heavy atom. The summed E-state index contributed by atoms with van der Waals surface area (Å²) in [7, 11) is 0. The zero-order valence-corrected chi connectivity index (χ0v) is 12.7. The molecule has 100 valence electrons. The average Bonchev–Trinajstić information content (AvgIpc) is 2.82. The van der Waals surface area contributed by atoms with Gasteiger partial charge in [-0.3, -0.25) is 4.79 Å². The van der Waals surface area contributed by atoms with Crippen LogP contribution in [0.3, 0.4) is 0 Å². The van der Waals surface area contributed by atoms with Crippen LogP contribution in [0.15, 0.2) is 9.85 Å². The number of hydrogen-bond donors (Lipinski definition) is 2. The minimum absolute atomic E-state index is 0.152. The maximum absolute atomic E-state index is 11.9. The van der Waals surface area contributed by atoms with Gasteiger partial charge < -0.3 is 15.2 Å². The van der Waals surface area contributed by atoms with Crippen LogP contribution in [-0.4, -0.2) is 35.9 Å². The Bertz CT molecular complexity index is 443. The van der Waals surface area contributed by atoms with E-state index in [2.05, 4.69) is 21.2 Å². The van der Waals surface area contributed by atoms with Gasteiger partial charge in [-0.2, -0.15) is 0 Å². The Morgan fingerprint density at radius 3 is 3.00 bits per heavy atom. The molecule has 1 fully saturated rings. The van der Waals surface area contributed by atoms with Crippen molar-refractivity contribution < 1.29 is 14.6 Å². The number of nitrogens with one attached hydrogen (secondary N) is 1. The van der Waals surface area contributed by atoms with Gasteiger partial charge in [-0.25, -0.2) is 0 Å². The first-order valence-corrected chi connectivity index (χ1v) is 7.41. The molecule has 0 aliphatic carbocycles. The Kier molecular flexibility index (Phi) is 4.11. The van der Waals surface area contributed by atoms with Crippen LogP contribution in [0, 0.1) is 6.92 Å². The van der Waals surface area contributed by atoms with Gasteiger partial charge >= 0.3 is 0 Å². The van der Waals surface area contributed by atoms with Crippen molar-refractivity contribution in [3.05, 3.63) is 20.3 Å². The van der Waals surface area contributed by atoms with Gasteiger partial charge in [0.2, 0.25) is 0 Å². The maximum atomic E-state index is 11.9. The maximum Gasteiger partial charge on any atom is 0.261 e. The number of amides is 1. The molecular formula is C12H16BrNO3S. The topological polar surface area (TPSA) is 58.6 Å². The minimum atomic E-state index is -0.945. The quantitative estimate of drug-likeness (QED) is 0.890. The molecule has 2 unspecified atom stereocenters. The van der Waals surface area contributed by atoms with Crippen LogP contribution in [0.4, 0.5) is 0 Å². The van der Waals surface area contributed by atoms with Crippen molar-refractivity contribution in [3.63, 3.8) is 0 Å². The number of carbonyl (C=O) groups is 1. The zero-order valence-electron chi connectivity index (χ0n) is 10.3. The molecule has 1 aliphatic heterocycles. The fraction of sp³-hybridized carbons (Fsp3) is 0.583. The SMILES string of the molecule is Cc1cc(C(=O)NCC2(O)CCOC2C)sc1Br. The molecule has 0 saturated carbocycles. The van der Waals surface area contributed by atoms with Crippen molar-refractivity contribution in [1.29, 1.82) is 0 Å². The van der Waals surface area contributed by atoms with Gasteiger partial charge in [0, 0.05) is 19.6 Å². The number of rotatable bonds is 3. The molecule has 0 bridgehead atoms. The van der Waals surface area contributed by atoms with Crippen LogP contribution in [0.2, 0.25) is 0 Å². The second kappa shape index (κ2) is 5.28. The normalized spacial score (nSPS) is 27.4. The van der Waals surface area contributed by atoms with E-state index in [0.717, 1.165) is 9.35 Å². The monoisotopic (exact) mass is 333 g/mol. The van der Waals surface area contributed by atoms with Crippen molar-refractivity contribution in [3.8, 4) is 0 Å². The molecule has 1 aliphatic rings. The smallest absolute Gasteiger partial charge is 0.261 e. The first-order valence-electron chi connectivity index (χ1n) is 5.80. The Balaban J connectivity index is 1.96. The van der Waals surface area contributed by atoms with Crippen molar-refractivity contribution in [2.75, 3.05) is 13.2 Å². The lowest BCUT2D eigenvalue weighted by atomic mass is 9.97. The van der Waals surface area contributed by atoms with Crippen LogP contribution in [0.25, 0.3) is 0 Å². The molecule has 2 atom stereocenters. The van der Waals surface area contributed by atoms with E-state index in [4.69, 9.17) is 4.74 Å². The average molecular weight is 334 g/mol. The predicted molar refractivity (Wildman–Crippen MR) is 74.1 cm³/mol. The summed E-state index contributed by atoms with van der Waals surface area (Å²) < 4.78 is 6.29. The Morgan fingerprint density at radius 1 is 1.78 bits per heavy atom. The summed E-state index contributed by atoms with van der Waals surface area (Å²) in [6, 6.07) is 1.84. The van der Waals surface area contributed by atoms with Gasteiger partial charge in [0.15, 0.2) is 0 Å². The number of ether oxygens (including phenoxy) is 1. The summed E-state index contributed by atoms with van der Waals surface area (Å²) in [5.74, 6) is -0.152. The zero-order chi connectivity index (χ0) is 13.3. The standard InChI is InChI=1S/C12H16BrNO3S/c1-7-5-9(18-10(7)13)11(15)14-6-12(16)3-4-17-8(12)2/h5,8,16H,3-4,6H2,1-2H3,(H,14,15). The highest BCUT2D eigenvalue weighted by atomic mass is 79.9. The second-order valence-electron chi connectivity index (χ2n) is 4.62. The summed E-state index contributed by atoms with van der Waals surface area (Å²) in [6.45, 7) is 4.53. The molecule has 2 heterocycles. The molecule has 0 aromatic carbocycles. The van der Waals surface area contributed by atoms with E-state index in [0.29, 0.717) is 17.9 Å². The number of hydrogen-bond acceptors (Lipinski definition) is 4. The van der Waals surface area contributed by atoms with Crippen LogP contribution < -0.4 is 5.32 Å². The van der Waals surface area contributed by atoms with Gasteiger partial charge in [0.1, 0.15) is 5.60 Å². The molecule has 2 rings (SSSR count). The van der Waals surface area contributed by atoms with Crippen molar-refractivity contribution in [2.24, 2.45) is 0 Å². The number of halogens is 1. The molecule has 1 saturated heterocycles. The summed E-state index contributed by atoms with van der Waals surface area (Å²) in [5, 5.41) is 13.0. The predicted octanol–water partition coefficient (Wildman–Crippen LogP) is 2.09. The van der Waals surface area contributed by atoms with Gasteiger partial charge in [-0.05, 0) is 41.4 Å². The van der Waals surface area contributed by atoms with E-state index >= 15 is 0 Å². The van der Waals surface area contributed by atoms with E-state index in [1.54, 1.807) is 0 Å². The minimum Gasteiger partial charge on any atom is -0.385 e. The summed E-state index contributed by atoms with van der Waals surface area (Å²) >= 11 is 4.79. The van der Waals surface area contributed by atoms with Crippen molar-refractivity contribution in [2.45, 2.75) is 32.0 Å². The Labute approximate surface area is 118 Å². The third-order valence-corrected chi connectivity index (χ3v) is 5.43. The highest BCUT2D eigenvalue weighted by Crippen LogP contribution is 2.28. The second-order valence-corrected chi connectivity index (χ2v) is 6.99. The van der Waals surface area contributed by atoms with Crippen LogP contribution in [0.1, 0.15) is 28.6 Å². The lowest BCUT2D eigenvalue weighted by Gasteiger charge is -2.25. The third kappa shape index (κ3) is 2.77. The summed E-state index contributed by atoms with van der Waals surface area (Å²) in [6.07, 6.45) is 0.316. The molecular weight excluding hydrogens is 318 g/mol. The molecule has 1 aromatic heterocycles. The third-order valence-electron chi connectivity index (χ3n) is 3.30. The largest absolute Gasteiger partial charge is 0.385 e. The Hall–Kier alpha value is -0.430. The van der Waals surface area contributed by atoms with Crippen LogP contribution in [-0.2, 0) is 4.74 Å². The number of aryl methyl sites for hydroxylation is 1. The van der Waals surface area contributed by atoms with Crippen molar-refractivity contribution >= 4 is 33.2 Å². The van der Waals surface area contributed by atoms with E-state index in [-0.39, 0.29) is 18.6 Å². The lowest BCUT2D eigenvalue weighted by molar-refractivity contribution is -0.0251. The van der Waals surface area contributed by atoms with E-state index in [1.165, 1.54) is 11.3 Å². The lowest BCUT2D eigenvalue weighted by Crippen LogP contribution is -2.47. The number of thiophene rings is 1. The first-order chi connectivity index (χ1) is 8.42. The summed E-state index contributed by atoms with van der Waals surface area (Å²) in [5.41, 5.74) is 0.0977. The highest BCUT2D eigenvalue weighted by molar-refractivity contribution is 9.11. The van der Waals surface area contributed by atoms with Crippen LogP contribution >= 0.6 is 27.3 Å². The molecule has 1 aromatic rings. The molecule has 1 amide bonds. The van der Waals surface area contributed by atoms with E-state index in [1.807, 2.05) is 19.9 Å². The molecule has 2 N–H and O–H groups in total. The molecule has 6 heteroatoms. The van der Waals surface area contributed by atoms with E-state index in [9.17, 15) is 9.90 Å². The number of aliphatic hydroxyl groups is 1. The van der Waals surface area contributed by atoms with E-state index < -0.39 is 5.60 Å². The molecule has 4 nitrogen and oxygen atoms in total. The van der Waals surface area contributed by atoms with Gasteiger partial charge in [-0.1, -0.05) is 0 Å². The van der Waals surface area contributed by atoms with Gasteiger partial charge in [0.25, 0.3) is 5.91 Å². The van der Waals surface area contributed by atoms with Crippen molar-refractivity contribution in [1.82, 2.24) is 5.32 Å². The summed E-state index contributed by atoms with van der Waals surface area (Å²) in [4.78, 5) is 12.6. The molecule has 18 heavy (non-hydrogen) atoms. The fourth-order valence-electron chi connectivity index (χ4n) is 1.90. The first kappa shape index (κ1) is 14.0. The van der Waals surface area contributed by atoms with Gasteiger partial charge in [-0.15, -0.1) is 11.3 Å². The van der Waals surface area contributed by atoms with Crippen LogP contribution in [0.5, 0.6) is 0 Å². The molecule has 0 radical (unpaired) electrons. The fourth-order valence-corrected chi connectivity index (χ4v) is 3.35. The van der Waals surface area contributed by atoms with Gasteiger partial charge in [0.05, 0.1) is 14.8 Å².